The van der Waals surface area contributed by atoms with E-state index in [-0.39, 0.29) is 5.91 Å². The molecule has 1 aromatic heterocycles. The maximum Gasteiger partial charge on any atom is 0.244 e. The number of amides is 1. The largest absolute Gasteiger partial charge is 0.347 e. The normalized spacial score (nSPS) is 11.3. The molecule has 0 unspecified atom stereocenters. The number of nitrogens with one attached hydrogen (secondary N) is 1. The van der Waals surface area contributed by atoms with Gasteiger partial charge in [0.15, 0.2) is 0 Å². The Morgan fingerprint density at radius 1 is 1.16 bits per heavy atom. The number of carbonyl (C=O) groups is 1. The van der Waals surface area contributed by atoms with Crippen molar-refractivity contribution in [1.29, 1.82) is 0 Å². The Labute approximate surface area is 148 Å². The third-order valence-corrected chi connectivity index (χ3v) is 4.49. The van der Waals surface area contributed by atoms with Crippen molar-refractivity contribution in [2.75, 3.05) is 0 Å². The molecule has 128 valence electrons. The van der Waals surface area contributed by atoms with Gasteiger partial charge in [-0.1, -0.05) is 36.4 Å². The fourth-order valence-electron chi connectivity index (χ4n) is 2.95. The summed E-state index contributed by atoms with van der Waals surface area (Å²) < 4.78 is 2.17. The highest BCUT2D eigenvalue weighted by Crippen LogP contribution is 2.19. The summed E-state index contributed by atoms with van der Waals surface area (Å²) in [5.74, 6) is -0.112. The Balaban J connectivity index is 1.68. The summed E-state index contributed by atoms with van der Waals surface area (Å²) in [7, 11) is 0. The quantitative estimate of drug-likeness (QED) is 0.557. The van der Waals surface area contributed by atoms with Gasteiger partial charge in [-0.2, -0.15) is 5.10 Å². The van der Waals surface area contributed by atoms with E-state index < -0.39 is 0 Å². The van der Waals surface area contributed by atoms with Crippen LogP contribution < -0.4 is 5.43 Å². The van der Waals surface area contributed by atoms with Crippen molar-refractivity contribution in [2.24, 2.45) is 5.10 Å². The van der Waals surface area contributed by atoms with Crippen molar-refractivity contribution in [3.63, 3.8) is 0 Å². The van der Waals surface area contributed by atoms with E-state index in [1.807, 2.05) is 30.3 Å². The molecule has 0 aliphatic carbocycles. The molecule has 0 fully saturated rings. The highest BCUT2D eigenvalue weighted by molar-refractivity contribution is 5.99. The summed E-state index contributed by atoms with van der Waals surface area (Å²) >= 11 is 0. The van der Waals surface area contributed by atoms with Crippen LogP contribution in [0.15, 0.2) is 53.8 Å². The highest BCUT2D eigenvalue weighted by atomic mass is 16.2. The van der Waals surface area contributed by atoms with Crippen molar-refractivity contribution in [2.45, 2.75) is 33.7 Å². The number of benzene rings is 2. The predicted molar refractivity (Wildman–Crippen MR) is 103 cm³/mol. The van der Waals surface area contributed by atoms with Crippen LogP contribution in [0.2, 0.25) is 0 Å². The first-order chi connectivity index (χ1) is 12.1. The lowest BCUT2D eigenvalue weighted by atomic mass is 10.0. The Bertz CT molecular complexity index is 937. The van der Waals surface area contributed by atoms with Crippen LogP contribution in [0.4, 0.5) is 0 Å². The van der Waals surface area contributed by atoms with Gasteiger partial charge in [-0.15, -0.1) is 0 Å². The molecule has 0 saturated heterocycles. The Morgan fingerprint density at radius 3 is 2.72 bits per heavy atom. The van der Waals surface area contributed by atoms with E-state index in [0.29, 0.717) is 6.42 Å². The molecule has 1 N–H and O–H groups in total. The fraction of sp³-hybridized carbons (Fsp3) is 0.238. The Hall–Kier alpha value is -2.88. The summed E-state index contributed by atoms with van der Waals surface area (Å²) in [4.78, 5) is 12.1. The van der Waals surface area contributed by atoms with Crippen LogP contribution in [0, 0.1) is 13.8 Å². The van der Waals surface area contributed by atoms with E-state index in [0.717, 1.165) is 23.1 Å². The molecule has 0 aliphatic rings. The van der Waals surface area contributed by atoms with Crippen LogP contribution >= 0.6 is 0 Å². The van der Waals surface area contributed by atoms with E-state index >= 15 is 0 Å². The van der Waals surface area contributed by atoms with Crippen LogP contribution in [0.5, 0.6) is 0 Å². The summed E-state index contributed by atoms with van der Waals surface area (Å²) in [5.41, 5.74) is 8.23. The molecule has 1 amide bonds. The number of fused-ring (bicyclic) bond motifs is 1. The SMILES string of the molecule is CCn1cc(C=NNC(=O)Cc2ccc(C)c(C)c2)c2ccccc21. The smallest absolute Gasteiger partial charge is 0.244 e. The second-order valence-corrected chi connectivity index (χ2v) is 6.28. The van der Waals surface area contributed by atoms with Gasteiger partial charge in [0.05, 0.1) is 12.6 Å². The molecular weight excluding hydrogens is 310 g/mol. The number of aryl methyl sites for hydroxylation is 3. The first kappa shape index (κ1) is 17.0. The van der Waals surface area contributed by atoms with Crippen molar-refractivity contribution in [1.82, 2.24) is 9.99 Å². The molecule has 0 aliphatic heterocycles. The maximum absolute atomic E-state index is 12.1. The summed E-state index contributed by atoms with van der Waals surface area (Å²) in [5, 5.41) is 5.27. The van der Waals surface area contributed by atoms with Gasteiger partial charge in [0.25, 0.3) is 0 Å². The monoisotopic (exact) mass is 333 g/mol. The molecule has 0 radical (unpaired) electrons. The van der Waals surface area contributed by atoms with Crippen molar-refractivity contribution >= 4 is 23.0 Å². The number of aromatic nitrogens is 1. The van der Waals surface area contributed by atoms with Crippen molar-refractivity contribution in [3.8, 4) is 0 Å². The zero-order valence-electron chi connectivity index (χ0n) is 14.9. The molecule has 4 heteroatoms. The number of carbonyl (C=O) groups excluding carboxylic acids is 1. The number of hydrogen-bond acceptors (Lipinski definition) is 2. The first-order valence-corrected chi connectivity index (χ1v) is 8.54. The number of hydrazone groups is 1. The molecule has 4 nitrogen and oxygen atoms in total. The molecule has 0 spiro atoms. The van der Waals surface area contributed by atoms with Gasteiger partial charge in [0, 0.05) is 29.2 Å². The molecule has 25 heavy (non-hydrogen) atoms. The van der Waals surface area contributed by atoms with Crippen molar-refractivity contribution in [3.05, 3.63) is 70.9 Å². The van der Waals surface area contributed by atoms with Gasteiger partial charge < -0.3 is 4.57 Å². The van der Waals surface area contributed by atoms with Gasteiger partial charge in [-0.25, -0.2) is 5.43 Å². The van der Waals surface area contributed by atoms with Gasteiger partial charge >= 0.3 is 0 Å². The molecule has 0 bridgehead atoms. The Morgan fingerprint density at radius 2 is 1.96 bits per heavy atom. The zero-order chi connectivity index (χ0) is 17.8. The lowest BCUT2D eigenvalue weighted by molar-refractivity contribution is -0.120. The fourth-order valence-corrected chi connectivity index (χ4v) is 2.95. The van der Waals surface area contributed by atoms with Crippen LogP contribution in [0.25, 0.3) is 10.9 Å². The van der Waals surface area contributed by atoms with Crippen LogP contribution in [-0.2, 0) is 17.8 Å². The number of para-hydroxylation sites is 1. The summed E-state index contributed by atoms with van der Waals surface area (Å²) in [6.45, 7) is 7.13. The number of rotatable bonds is 5. The number of hydrogen-bond donors (Lipinski definition) is 1. The third-order valence-electron chi connectivity index (χ3n) is 4.49. The summed E-state index contributed by atoms with van der Waals surface area (Å²) in [6.07, 6.45) is 4.10. The van der Waals surface area contributed by atoms with Crippen LogP contribution in [-0.4, -0.2) is 16.7 Å². The molecule has 2 aromatic carbocycles. The zero-order valence-corrected chi connectivity index (χ0v) is 14.9. The predicted octanol–water partition coefficient (Wildman–Crippen LogP) is 3.97. The standard InChI is InChI=1S/C21H23N3O/c1-4-24-14-18(19-7-5-6-8-20(19)24)13-22-23-21(25)12-17-10-9-15(2)16(3)11-17/h5-11,13-14H,4,12H2,1-3H3,(H,23,25). The van der Waals surface area contributed by atoms with Gasteiger partial charge in [0.2, 0.25) is 5.91 Å². The minimum atomic E-state index is -0.112. The van der Waals surface area contributed by atoms with Gasteiger partial charge in [-0.05, 0) is 43.5 Å². The third kappa shape index (κ3) is 3.79. The average Bonchev–Trinajstić information content (AvgIpc) is 2.96. The minimum Gasteiger partial charge on any atom is -0.347 e. The first-order valence-electron chi connectivity index (χ1n) is 8.54. The molecule has 0 saturated carbocycles. The average molecular weight is 333 g/mol. The maximum atomic E-state index is 12.1. The molecule has 0 atom stereocenters. The Kier molecular flexibility index (Phi) is 4.98. The second-order valence-electron chi connectivity index (χ2n) is 6.28. The molecule has 3 aromatic rings. The van der Waals surface area contributed by atoms with E-state index in [4.69, 9.17) is 0 Å². The number of nitrogens with zero attached hydrogens (tertiary/aromatic N) is 2. The van der Waals surface area contributed by atoms with E-state index in [1.54, 1.807) is 6.21 Å². The van der Waals surface area contributed by atoms with Gasteiger partial charge in [-0.3, -0.25) is 4.79 Å². The lowest BCUT2D eigenvalue weighted by Crippen LogP contribution is -2.19. The van der Waals surface area contributed by atoms with E-state index in [1.165, 1.54) is 16.6 Å². The van der Waals surface area contributed by atoms with Crippen LogP contribution in [0.3, 0.4) is 0 Å². The minimum absolute atomic E-state index is 0.112. The highest BCUT2D eigenvalue weighted by Gasteiger charge is 2.06. The lowest BCUT2D eigenvalue weighted by Gasteiger charge is -2.04. The molecule has 1 heterocycles. The molecular formula is C21H23N3O. The van der Waals surface area contributed by atoms with Crippen LogP contribution in [0.1, 0.15) is 29.2 Å². The van der Waals surface area contributed by atoms with E-state index in [9.17, 15) is 4.79 Å². The van der Waals surface area contributed by atoms with Gasteiger partial charge in [0.1, 0.15) is 0 Å². The topological polar surface area (TPSA) is 46.4 Å². The molecule has 3 rings (SSSR count). The van der Waals surface area contributed by atoms with E-state index in [2.05, 4.69) is 54.2 Å². The second kappa shape index (κ2) is 7.34. The summed E-state index contributed by atoms with van der Waals surface area (Å²) in [6, 6.07) is 14.3. The van der Waals surface area contributed by atoms with Crippen molar-refractivity contribution < 1.29 is 4.79 Å².